The standard InChI is InChI=1S/C43H39N2/c1-42(2)38(44(4)36-25-23-31-14-8-10-17-34(31)40(36)42)19-12-20-39-43(3,28-29-21-22-30-13-6-7-16-33(30)27-29)41-35-18-11-9-15-32(35)24-26-37(41)45(39)5/h6-27H,28H2,1-5H3/q+1. The van der Waals surface area contributed by atoms with E-state index in [4.69, 9.17) is 0 Å². The monoisotopic (exact) mass is 583 g/mol. The second kappa shape index (κ2) is 10.0. The zero-order chi connectivity index (χ0) is 30.9. The molecule has 2 heterocycles. The zero-order valence-corrected chi connectivity index (χ0v) is 26.8. The van der Waals surface area contributed by atoms with Gasteiger partial charge in [0.2, 0.25) is 5.69 Å². The minimum atomic E-state index is -0.210. The molecule has 6 aromatic rings. The van der Waals surface area contributed by atoms with Crippen molar-refractivity contribution in [3.8, 4) is 0 Å². The van der Waals surface area contributed by atoms with Gasteiger partial charge in [-0.2, -0.15) is 4.58 Å². The first-order chi connectivity index (χ1) is 21.8. The molecule has 2 heteroatoms. The van der Waals surface area contributed by atoms with Crippen LogP contribution in [0.15, 0.2) is 139 Å². The maximum Gasteiger partial charge on any atom is 0.210 e. The summed E-state index contributed by atoms with van der Waals surface area (Å²) in [5.41, 5.74) is 9.08. The SMILES string of the molecule is CN1/C(=C/C=C/C2=[N+](C)c3ccc4ccccc4c3C2(C)Cc2ccc3ccccc3c2)C(C)(C)c2c1ccc1ccccc21. The third kappa shape index (κ3) is 4.12. The fraction of sp³-hybridized carbons (Fsp3) is 0.186. The van der Waals surface area contributed by atoms with Crippen molar-refractivity contribution < 1.29 is 4.58 Å². The summed E-state index contributed by atoms with van der Waals surface area (Å²) in [7, 11) is 4.45. The Morgan fingerprint density at radius 2 is 1.27 bits per heavy atom. The summed E-state index contributed by atoms with van der Waals surface area (Å²) in [6.07, 6.45) is 7.92. The Kier molecular flexibility index (Phi) is 6.15. The molecule has 1 atom stereocenters. The number of hydrogen-bond acceptors (Lipinski definition) is 1. The molecule has 45 heavy (non-hydrogen) atoms. The van der Waals surface area contributed by atoms with Gasteiger partial charge in [0.1, 0.15) is 7.05 Å². The number of allylic oxidation sites excluding steroid dienone is 4. The normalized spacial score (nSPS) is 19.8. The van der Waals surface area contributed by atoms with Gasteiger partial charge >= 0.3 is 0 Å². The van der Waals surface area contributed by atoms with Crippen LogP contribution >= 0.6 is 0 Å². The van der Waals surface area contributed by atoms with E-state index in [-0.39, 0.29) is 10.8 Å². The number of hydrogen-bond donors (Lipinski definition) is 0. The Morgan fingerprint density at radius 3 is 2.00 bits per heavy atom. The smallest absolute Gasteiger partial charge is 0.210 e. The highest BCUT2D eigenvalue weighted by molar-refractivity contribution is 6.08. The van der Waals surface area contributed by atoms with Crippen molar-refractivity contribution in [2.75, 3.05) is 19.0 Å². The van der Waals surface area contributed by atoms with E-state index < -0.39 is 0 Å². The van der Waals surface area contributed by atoms with Crippen LogP contribution in [-0.4, -0.2) is 24.4 Å². The summed E-state index contributed by atoms with van der Waals surface area (Å²) in [5, 5.41) is 7.85. The Morgan fingerprint density at radius 1 is 0.667 bits per heavy atom. The first-order valence-electron chi connectivity index (χ1n) is 16.0. The lowest BCUT2D eigenvalue weighted by Gasteiger charge is -2.25. The summed E-state index contributed by atoms with van der Waals surface area (Å²) < 4.78 is 2.42. The molecule has 0 aromatic heterocycles. The number of rotatable bonds is 4. The average Bonchev–Trinajstić information content (AvgIpc) is 3.39. The van der Waals surface area contributed by atoms with Gasteiger partial charge in [0.05, 0.1) is 5.41 Å². The molecule has 0 radical (unpaired) electrons. The lowest BCUT2D eigenvalue weighted by Crippen LogP contribution is -2.33. The Labute approximate surface area is 266 Å². The number of likely N-dealkylation sites (N-methyl/N-ethyl adjacent to an activating group) is 1. The van der Waals surface area contributed by atoms with Crippen LogP contribution in [0.1, 0.15) is 37.5 Å². The molecule has 6 aromatic carbocycles. The van der Waals surface area contributed by atoms with Crippen molar-refractivity contribution in [1.82, 2.24) is 0 Å². The van der Waals surface area contributed by atoms with Crippen molar-refractivity contribution in [2.45, 2.75) is 38.0 Å². The zero-order valence-electron chi connectivity index (χ0n) is 26.8. The third-order valence-corrected chi connectivity index (χ3v) is 10.5. The first-order valence-corrected chi connectivity index (χ1v) is 16.0. The molecule has 2 aliphatic heterocycles. The second-order valence-electron chi connectivity index (χ2n) is 13.6. The van der Waals surface area contributed by atoms with E-state index in [2.05, 4.69) is 178 Å². The first kappa shape index (κ1) is 27.6. The number of fused-ring (bicyclic) bond motifs is 7. The average molecular weight is 584 g/mol. The van der Waals surface area contributed by atoms with E-state index in [1.54, 1.807) is 0 Å². The van der Waals surface area contributed by atoms with Crippen LogP contribution in [0, 0.1) is 0 Å². The summed E-state index contributed by atoms with van der Waals surface area (Å²) in [6, 6.07) is 42.4. The predicted octanol–water partition coefficient (Wildman–Crippen LogP) is 10.2. The fourth-order valence-corrected chi connectivity index (χ4v) is 8.40. The van der Waals surface area contributed by atoms with Gasteiger partial charge in [-0.25, -0.2) is 0 Å². The van der Waals surface area contributed by atoms with Gasteiger partial charge in [-0.15, -0.1) is 0 Å². The highest BCUT2D eigenvalue weighted by atomic mass is 15.2. The van der Waals surface area contributed by atoms with Crippen molar-refractivity contribution in [1.29, 1.82) is 0 Å². The van der Waals surface area contributed by atoms with E-state index >= 15 is 0 Å². The molecule has 220 valence electrons. The molecule has 1 unspecified atom stereocenters. The molecule has 0 saturated carbocycles. The maximum absolute atomic E-state index is 2.44. The fourth-order valence-electron chi connectivity index (χ4n) is 8.40. The molecule has 2 aliphatic rings. The summed E-state index contributed by atoms with van der Waals surface area (Å²) in [4.78, 5) is 2.38. The van der Waals surface area contributed by atoms with E-state index in [9.17, 15) is 0 Å². The lowest BCUT2D eigenvalue weighted by atomic mass is 9.72. The predicted molar refractivity (Wildman–Crippen MR) is 192 cm³/mol. The molecule has 8 rings (SSSR count). The lowest BCUT2D eigenvalue weighted by molar-refractivity contribution is -0.401. The van der Waals surface area contributed by atoms with E-state index in [1.807, 2.05) is 0 Å². The maximum atomic E-state index is 2.44. The van der Waals surface area contributed by atoms with Gasteiger partial charge in [-0.1, -0.05) is 117 Å². The molecule has 0 spiro atoms. The highest BCUT2D eigenvalue weighted by Gasteiger charge is 2.48. The van der Waals surface area contributed by atoms with Gasteiger partial charge in [-0.3, -0.25) is 0 Å². The van der Waals surface area contributed by atoms with Crippen LogP contribution in [0.25, 0.3) is 32.3 Å². The molecule has 0 amide bonds. The van der Waals surface area contributed by atoms with Crippen molar-refractivity contribution in [3.63, 3.8) is 0 Å². The van der Waals surface area contributed by atoms with Crippen LogP contribution in [0.4, 0.5) is 11.4 Å². The van der Waals surface area contributed by atoms with Crippen LogP contribution in [0.3, 0.4) is 0 Å². The van der Waals surface area contributed by atoms with Crippen molar-refractivity contribution in [3.05, 3.63) is 156 Å². The van der Waals surface area contributed by atoms with Crippen molar-refractivity contribution in [2.24, 2.45) is 0 Å². The summed E-state index contributed by atoms with van der Waals surface area (Å²) >= 11 is 0. The minimum Gasteiger partial charge on any atom is -0.347 e. The van der Waals surface area contributed by atoms with Gasteiger partial charge in [0.15, 0.2) is 5.71 Å². The molecular formula is C43H39N2+. The number of anilines is 1. The summed E-state index contributed by atoms with van der Waals surface area (Å²) in [5.74, 6) is 0. The largest absolute Gasteiger partial charge is 0.347 e. The molecular weight excluding hydrogens is 544 g/mol. The van der Waals surface area contributed by atoms with Crippen molar-refractivity contribution >= 4 is 49.4 Å². The van der Waals surface area contributed by atoms with Crippen LogP contribution in [-0.2, 0) is 17.3 Å². The van der Waals surface area contributed by atoms with Gasteiger partial charge in [-0.05, 0) is 75.0 Å². The molecule has 0 N–H and O–H groups in total. The van der Waals surface area contributed by atoms with E-state index in [0.29, 0.717) is 0 Å². The molecule has 0 aliphatic carbocycles. The van der Waals surface area contributed by atoms with Crippen LogP contribution < -0.4 is 4.90 Å². The van der Waals surface area contributed by atoms with E-state index in [1.165, 1.54) is 71.8 Å². The third-order valence-electron chi connectivity index (χ3n) is 10.5. The van der Waals surface area contributed by atoms with Gasteiger partial charge in [0.25, 0.3) is 0 Å². The quantitative estimate of drug-likeness (QED) is 0.187. The highest BCUT2D eigenvalue weighted by Crippen LogP contribution is 2.50. The Balaban J connectivity index is 1.24. The number of nitrogens with zero attached hydrogens (tertiary/aromatic N) is 2. The molecule has 2 nitrogen and oxygen atoms in total. The summed E-state index contributed by atoms with van der Waals surface area (Å²) in [6.45, 7) is 7.17. The minimum absolute atomic E-state index is 0.116. The van der Waals surface area contributed by atoms with Gasteiger partial charge < -0.3 is 4.90 Å². The van der Waals surface area contributed by atoms with Crippen LogP contribution in [0.2, 0.25) is 0 Å². The topological polar surface area (TPSA) is 6.25 Å². The molecule has 0 bridgehead atoms. The molecule has 0 saturated heterocycles. The Bertz CT molecular complexity index is 2260. The number of benzene rings is 6. The Hall–Kier alpha value is -4.95. The van der Waals surface area contributed by atoms with Crippen LogP contribution in [0.5, 0.6) is 0 Å². The van der Waals surface area contributed by atoms with Gasteiger partial charge in [0, 0.05) is 41.6 Å². The van der Waals surface area contributed by atoms with E-state index in [0.717, 1.165) is 6.42 Å². The second-order valence-corrected chi connectivity index (χ2v) is 13.6. The molecule has 0 fully saturated rings.